The number of methoxy groups -OCH3 is 1. The number of amides is 1. The van der Waals surface area contributed by atoms with E-state index < -0.39 is 23.6 Å². The van der Waals surface area contributed by atoms with Crippen LogP contribution in [0.2, 0.25) is 0 Å². The lowest BCUT2D eigenvalue weighted by molar-refractivity contribution is 0.00532. The Kier molecular flexibility index (Phi) is 7.63. The average Bonchev–Trinajstić information content (AvgIpc) is 3.29. The monoisotopic (exact) mass is 644 g/mol. The highest BCUT2D eigenvalue weighted by molar-refractivity contribution is 6.02. The Bertz CT molecular complexity index is 1880. The van der Waals surface area contributed by atoms with Crippen molar-refractivity contribution in [3.63, 3.8) is 0 Å². The summed E-state index contributed by atoms with van der Waals surface area (Å²) in [6, 6.07) is 9.46. The Morgan fingerprint density at radius 1 is 1.15 bits per heavy atom. The van der Waals surface area contributed by atoms with Crippen LogP contribution in [0.1, 0.15) is 46.1 Å². The second-order valence-electron chi connectivity index (χ2n) is 14.0. The predicted octanol–water partition coefficient (Wildman–Crippen LogP) is 5.46. The summed E-state index contributed by atoms with van der Waals surface area (Å²) < 4.78 is 28.0. The quantitative estimate of drug-likeness (QED) is 0.251. The number of benzene rings is 2. The van der Waals surface area contributed by atoms with Crippen molar-refractivity contribution in [2.45, 2.75) is 64.6 Å². The van der Waals surface area contributed by atoms with Gasteiger partial charge in [0.25, 0.3) is 0 Å². The fourth-order valence-corrected chi connectivity index (χ4v) is 7.83. The van der Waals surface area contributed by atoms with Gasteiger partial charge in [0.15, 0.2) is 12.6 Å². The number of hydrogen-bond donors (Lipinski definition) is 2. The molecule has 0 spiro atoms. The van der Waals surface area contributed by atoms with Crippen LogP contribution in [0.3, 0.4) is 0 Å². The minimum absolute atomic E-state index is 0.0415. The van der Waals surface area contributed by atoms with Crippen LogP contribution in [0.5, 0.6) is 5.75 Å². The molecule has 1 amide bonds. The van der Waals surface area contributed by atoms with Crippen molar-refractivity contribution < 1.29 is 28.9 Å². The van der Waals surface area contributed by atoms with E-state index in [9.17, 15) is 15.0 Å². The maximum absolute atomic E-state index is 17.1. The number of hydrogen-bond acceptors (Lipinski definition) is 9. The smallest absolute Gasteiger partial charge is 0.408 e. The first kappa shape index (κ1) is 31.3. The molecule has 0 aliphatic carbocycles. The number of carbonyl (C=O) groups is 1. The summed E-state index contributed by atoms with van der Waals surface area (Å²) in [7, 11) is 1.55. The van der Waals surface area contributed by atoms with Gasteiger partial charge in [0.1, 0.15) is 22.8 Å². The third-order valence-corrected chi connectivity index (χ3v) is 10.3. The highest BCUT2D eigenvalue weighted by Gasteiger charge is 2.59. The van der Waals surface area contributed by atoms with Gasteiger partial charge >= 0.3 is 6.09 Å². The molecular formula is C35H41FN6O5. The maximum Gasteiger partial charge on any atom is 0.408 e. The lowest BCUT2D eigenvalue weighted by Crippen LogP contribution is -2.68. The topological polar surface area (TPSA) is 124 Å². The summed E-state index contributed by atoms with van der Waals surface area (Å²) >= 11 is 0. The lowest BCUT2D eigenvalue weighted by Gasteiger charge is -2.54. The van der Waals surface area contributed by atoms with Crippen LogP contribution in [0.25, 0.3) is 32.9 Å². The second kappa shape index (κ2) is 11.4. The zero-order chi connectivity index (χ0) is 33.2. The number of halogens is 1. The van der Waals surface area contributed by atoms with E-state index in [0.29, 0.717) is 54.6 Å². The molecule has 248 valence electrons. The molecule has 0 saturated carbocycles. The van der Waals surface area contributed by atoms with Gasteiger partial charge in [-0.05, 0) is 53.1 Å². The van der Waals surface area contributed by atoms with Crippen molar-refractivity contribution in [3.8, 4) is 17.0 Å². The Labute approximate surface area is 272 Å². The van der Waals surface area contributed by atoms with Crippen LogP contribution in [-0.4, -0.2) is 93.9 Å². The van der Waals surface area contributed by atoms with Crippen molar-refractivity contribution >= 4 is 39.5 Å². The Morgan fingerprint density at radius 2 is 1.94 bits per heavy atom. The molecule has 3 aliphatic heterocycles. The van der Waals surface area contributed by atoms with Crippen LogP contribution in [0.4, 0.5) is 21.0 Å². The third-order valence-electron chi connectivity index (χ3n) is 10.3. The number of fused-ring (bicyclic) bond motifs is 4. The van der Waals surface area contributed by atoms with Crippen LogP contribution < -0.4 is 14.5 Å². The van der Waals surface area contributed by atoms with Gasteiger partial charge in [0, 0.05) is 45.0 Å². The van der Waals surface area contributed by atoms with Crippen molar-refractivity contribution in [1.29, 1.82) is 0 Å². The molecule has 2 bridgehead atoms. The van der Waals surface area contributed by atoms with E-state index >= 15 is 4.39 Å². The van der Waals surface area contributed by atoms with E-state index in [1.54, 1.807) is 24.3 Å². The van der Waals surface area contributed by atoms with Gasteiger partial charge in [-0.1, -0.05) is 45.9 Å². The Hall–Kier alpha value is -4.29. The van der Waals surface area contributed by atoms with Crippen molar-refractivity contribution in [3.05, 3.63) is 47.9 Å². The van der Waals surface area contributed by atoms with E-state index in [1.807, 2.05) is 29.2 Å². The summed E-state index contributed by atoms with van der Waals surface area (Å²) in [5, 5.41) is 22.6. The molecule has 7 rings (SSSR count). The summed E-state index contributed by atoms with van der Waals surface area (Å²) in [6.45, 7) is 9.84. The van der Waals surface area contributed by atoms with Gasteiger partial charge in [-0.15, -0.1) is 0 Å². The lowest BCUT2D eigenvalue weighted by atomic mass is 9.71. The van der Waals surface area contributed by atoms with Crippen LogP contribution in [-0.2, 0) is 11.2 Å². The van der Waals surface area contributed by atoms with Gasteiger partial charge < -0.3 is 29.5 Å². The van der Waals surface area contributed by atoms with E-state index in [0.717, 1.165) is 35.6 Å². The summed E-state index contributed by atoms with van der Waals surface area (Å²) in [5.74, 6) is 0.790. The molecule has 3 saturated heterocycles. The number of rotatable bonds is 7. The molecule has 3 fully saturated rings. The fourth-order valence-electron chi connectivity index (χ4n) is 7.83. The van der Waals surface area contributed by atoms with Crippen molar-refractivity contribution in [2.75, 3.05) is 49.9 Å². The van der Waals surface area contributed by atoms with E-state index in [1.165, 1.54) is 0 Å². The van der Waals surface area contributed by atoms with Gasteiger partial charge in [-0.3, -0.25) is 9.88 Å². The average molecular weight is 645 g/mol. The summed E-state index contributed by atoms with van der Waals surface area (Å²) in [4.78, 5) is 32.6. The highest BCUT2D eigenvalue weighted by Crippen LogP contribution is 2.51. The molecule has 2 atom stereocenters. The Morgan fingerprint density at radius 3 is 2.62 bits per heavy atom. The second-order valence-corrected chi connectivity index (χ2v) is 14.0. The van der Waals surface area contributed by atoms with Gasteiger partial charge in [-0.25, -0.2) is 14.2 Å². The molecule has 3 aliphatic rings. The maximum atomic E-state index is 17.1. The van der Waals surface area contributed by atoms with E-state index in [-0.39, 0.29) is 29.5 Å². The molecular weight excluding hydrogens is 603 g/mol. The van der Waals surface area contributed by atoms with Crippen LogP contribution in [0.15, 0.2) is 36.5 Å². The van der Waals surface area contributed by atoms with E-state index in [4.69, 9.17) is 24.4 Å². The molecule has 0 radical (unpaired) electrons. The molecule has 2 unspecified atom stereocenters. The summed E-state index contributed by atoms with van der Waals surface area (Å²) in [6.07, 6.45) is 2.41. The number of carboxylic acid groups (broad SMARTS) is 1. The minimum Gasteiger partial charge on any atom is -0.468 e. The number of β-amino-alcohol motifs (C(OH)–C–C–N with tert-alkyl or cyclic N) is 1. The highest BCUT2D eigenvalue weighted by atomic mass is 19.1. The Balaban J connectivity index is 1.42. The van der Waals surface area contributed by atoms with Crippen molar-refractivity contribution in [1.82, 2.24) is 19.9 Å². The number of pyridine rings is 1. The molecule has 12 heteroatoms. The van der Waals surface area contributed by atoms with E-state index in [2.05, 4.69) is 32.6 Å². The number of aliphatic hydroxyl groups is 1. The van der Waals surface area contributed by atoms with Gasteiger partial charge in [0.05, 0.1) is 23.1 Å². The normalized spacial score (nSPS) is 21.5. The molecule has 2 N–H and O–H groups in total. The number of aromatic nitrogens is 3. The number of aryl methyl sites for hydroxylation is 1. The molecule has 2 aromatic carbocycles. The molecule has 5 heterocycles. The minimum atomic E-state index is -0.919. The summed E-state index contributed by atoms with van der Waals surface area (Å²) in [5.41, 5.74) is 0.889. The number of anilines is 2. The first-order chi connectivity index (χ1) is 22.5. The number of piperazine rings is 1. The third kappa shape index (κ3) is 5.00. The standard InChI is InChI=1S/C35H41FN6O5/c1-6-20-8-7-9-21-12-24(47-19-46-5)13-25(27(20)21)29-28(36)30-26(14-37-29)31(39-32(38-30)40-16-23(43)17-40)41-15-22-10-11-35(18-41,34(2,3)4)42(22)33(44)45/h7-9,12-14,22-23,43H,6,10-11,15-19H2,1-5H3,(H,44,45). The number of aliphatic hydroxyl groups excluding tert-OH is 1. The number of ether oxygens (including phenoxy) is 2. The van der Waals surface area contributed by atoms with Crippen LogP contribution in [0, 0.1) is 11.2 Å². The predicted molar refractivity (Wildman–Crippen MR) is 178 cm³/mol. The molecule has 2 aromatic heterocycles. The van der Waals surface area contributed by atoms with Gasteiger partial charge in [-0.2, -0.15) is 4.98 Å². The first-order valence-electron chi connectivity index (χ1n) is 16.2. The first-order valence-corrected chi connectivity index (χ1v) is 16.2. The SMILES string of the molecule is CCc1cccc2cc(OCOC)cc(-c3ncc4c(N5CC6CCC(C(C)(C)C)(C5)N6C(=O)O)nc(N5CC(O)C5)nc4c3F)c12. The zero-order valence-electron chi connectivity index (χ0n) is 27.5. The van der Waals surface area contributed by atoms with Crippen molar-refractivity contribution in [2.24, 2.45) is 5.41 Å². The molecule has 47 heavy (non-hydrogen) atoms. The number of nitrogens with zero attached hydrogens (tertiary/aromatic N) is 6. The largest absolute Gasteiger partial charge is 0.468 e. The molecule has 4 aromatic rings. The van der Waals surface area contributed by atoms with Crippen LogP contribution >= 0.6 is 0 Å². The zero-order valence-corrected chi connectivity index (χ0v) is 27.5. The van der Waals surface area contributed by atoms with Gasteiger partial charge in [0.2, 0.25) is 5.95 Å². The molecule has 11 nitrogen and oxygen atoms in total. The fraction of sp³-hybridized carbons (Fsp3) is 0.486.